The molecule has 2 aromatic rings. The number of benzene rings is 1. The maximum absolute atomic E-state index is 11.9. The molecule has 8 heteroatoms. The van der Waals surface area contributed by atoms with Crippen LogP contribution < -0.4 is 10.1 Å². The van der Waals surface area contributed by atoms with Gasteiger partial charge in [-0.3, -0.25) is 14.9 Å². The molecule has 1 aromatic heterocycles. The molecule has 1 heterocycles. The van der Waals surface area contributed by atoms with Crippen molar-refractivity contribution in [2.24, 2.45) is 0 Å². The fourth-order valence-corrected chi connectivity index (χ4v) is 1.94. The normalized spacial score (nSPS) is 10.2. The second-order valence-electron chi connectivity index (χ2n) is 4.62. The molecule has 120 valence electrons. The Morgan fingerprint density at radius 1 is 1.43 bits per heavy atom. The van der Waals surface area contributed by atoms with Gasteiger partial charge in [-0.2, -0.15) is 0 Å². The summed E-state index contributed by atoms with van der Waals surface area (Å²) in [6.45, 7) is 2.54. The van der Waals surface area contributed by atoms with Gasteiger partial charge in [0.1, 0.15) is 17.0 Å². The van der Waals surface area contributed by atoms with E-state index in [4.69, 9.17) is 16.3 Å². The summed E-state index contributed by atoms with van der Waals surface area (Å²) in [6.07, 6.45) is 1.89. The van der Waals surface area contributed by atoms with Crippen LogP contribution in [0, 0.1) is 10.1 Å². The molecule has 0 aliphatic carbocycles. The summed E-state index contributed by atoms with van der Waals surface area (Å²) in [5.41, 5.74) is 0.212. The zero-order chi connectivity index (χ0) is 16.8. The first-order valence-corrected chi connectivity index (χ1v) is 7.25. The SMILES string of the molecule is CCCNC(=O)c1cccc(Oc2ncc([N+](=O)[O-])cc2Cl)c1. The lowest BCUT2D eigenvalue weighted by molar-refractivity contribution is -0.385. The topological polar surface area (TPSA) is 94.4 Å². The van der Waals surface area contributed by atoms with E-state index in [-0.39, 0.29) is 22.5 Å². The lowest BCUT2D eigenvalue weighted by Crippen LogP contribution is -2.23. The first kappa shape index (κ1) is 16.7. The predicted octanol–water partition coefficient (Wildman–Crippen LogP) is 3.58. The van der Waals surface area contributed by atoms with E-state index in [0.717, 1.165) is 18.7 Å². The van der Waals surface area contributed by atoms with Gasteiger partial charge in [0.2, 0.25) is 5.88 Å². The van der Waals surface area contributed by atoms with Crippen LogP contribution in [0.3, 0.4) is 0 Å². The zero-order valence-corrected chi connectivity index (χ0v) is 13.0. The van der Waals surface area contributed by atoms with E-state index in [0.29, 0.717) is 17.9 Å². The summed E-state index contributed by atoms with van der Waals surface area (Å²) in [4.78, 5) is 25.8. The van der Waals surface area contributed by atoms with Gasteiger partial charge >= 0.3 is 0 Å². The highest BCUT2D eigenvalue weighted by Crippen LogP contribution is 2.30. The molecule has 0 aliphatic heterocycles. The lowest BCUT2D eigenvalue weighted by atomic mass is 10.2. The molecule has 0 saturated heterocycles. The number of carbonyl (C=O) groups excluding carboxylic acids is 1. The Hall–Kier alpha value is -2.67. The standard InChI is InChI=1S/C15H14ClN3O4/c1-2-6-17-14(20)10-4-3-5-12(7-10)23-15-13(16)8-11(9-18-15)19(21)22/h3-5,7-9H,2,6H2,1H3,(H,17,20). The van der Waals surface area contributed by atoms with Crippen LogP contribution in [-0.4, -0.2) is 22.4 Å². The largest absolute Gasteiger partial charge is 0.438 e. The zero-order valence-electron chi connectivity index (χ0n) is 12.3. The Labute approximate surface area is 137 Å². The molecule has 1 amide bonds. The maximum atomic E-state index is 11.9. The van der Waals surface area contributed by atoms with E-state index in [9.17, 15) is 14.9 Å². The van der Waals surface area contributed by atoms with Crippen molar-refractivity contribution in [3.8, 4) is 11.6 Å². The highest BCUT2D eigenvalue weighted by molar-refractivity contribution is 6.32. The average molecular weight is 336 g/mol. The molecule has 0 atom stereocenters. The summed E-state index contributed by atoms with van der Waals surface area (Å²) in [6, 6.07) is 7.65. The average Bonchev–Trinajstić information content (AvgIpc) is 2.54. The van der Waals surface area contributed by atoms with Gasteiger partial charge in [0.25, 0.3) is 11.6 Å². The number of nitrogens with one attached hydrogen (secondary N) is 1. The second-order valence-corrected chi connectivity index (χ2v) is 5.03. The number of hydrogen-bond acceptors (Lipinski definition) is 5. The summed E-state index contributed by atoms with van der Waals surface area (Å²) in [7, 11) is 0. The van der Waals surface area contributed by atoms with Crippen molar-refractivity contribution in [1.82, 2.24) is 10.3 Å². The van der Waals surface area contributed by atoms with E-state index in [1.807, 2.05) is 6.92 Å². The Morgan fingerprint density at radius 3 is 2.87 bits per heavy atom. The second kappa shape index (κ2) is 7.55. The monoisotopic (exact) mass is 335 g/mol. The number of pyridine rings is 1. The van der Waals surface area contributed by atoms with Gasteiger partial charge in [-0.15, -0.1) is 0 Å². The van der Waals surface area contributed by atoms with E-state index >= 15 is 0 Å². The van der Waals surface area contributed by atoms with Crippen molar-refractivity contribution < 1.29 is 14.5 Å². The number of halogens is 1. The minimum absolute atomic E-state index is 0.0139. The fraction of sp³-hybridized carbons (Fsp3) is 0.200. The summed E-state index contributed by atoms with van der Waals surface area (Å²) in [5.74, 6) is 0.181. The van der Waals surface area contributed by atoms with Gasteiger partial charge in [0.05, 0.1) is 4.92 Å². The number of amides is 1. The van der Waals surface area contributed by atoms with E-state index in [1.165, 1.54) is 0 Å². The number of nitro groups is 1. The molecule has 0 unspecified atom stereocenters. The third-order valence-electron chi connectivity index (χ3n) is 2.85. The van der Waals surface area contributed by atoms with Gasteiger partial charge in [-0.25, -0.2) is 4.98 Å². The van der Waals surface area contributed by atoms with Crippen LogP contribution in [-0.2, 0) is 0 Å². The van der Waals surface area contributed by atoms with Crippen molar-refractivity contribution in [2.75, 3.05) is 6.54 Å². The molecule has 1 N–H and O–H groups in total. The van der Waals surface area contributed by atoms with Crippen LogP contribution >= 0.6 is 11.6 Å². The first-order chi connectivity index (χ1) is 11.0. The number of rotatable bonds is 6. The number of carbonyl (C=O) groups is 1. The van der Waals surface area contributed by atoms with Crippen LogP contribution in [0.5, 0.6) is 11.6 Å². The van der Waals surface area contributed by atoms with Crippen molar-refractivity contribution in [2.45, 2.75) is 13.3 Å². The molecule has 0 spiro atoms. The molecule has 0 radical (unpaired) electrons. The predicted molar refractivity (Wildman–Crippen MR) is 85.0 cm³/mol. The van der Waals surface area contributed by atoms with Crippen molar-refractivity contribution in [1.29, 1.82) is 0 Å². The smallest absolute Gasteiger partial charge is 0.289 e. The van der Waals surface area contributed by atoms with Crippen molar-refractivity contribution in [3.63, 3.8) is 0 Å². The molecule has 0 aliphatic rings. The van der Waals surface area contributed by atoms with Crippen molar-refractivity contribution in [3.05, 3.63) is 57.2 Å². The molecular weight excluding hydrogens is 322 g/mol. The Morgan fingerprint density at radius 2 is 2.22 bits per heavy atom. The van der Waals surface area contributed by atoms with Crippen LogP contribution in [0.15, 0.2) is 36.5 Å². The Bertz CT molecular complexity index is 736. The number of ether oxygens (including phenoxy) is 1. The third-order valence-corrected chi connectivity index (χ3v) is 3.12. The first-order valence-electron chi connectivity index (χ1n) is 6.87. The highest BCUT2D eigenvalue weighted by Gasteiger charge is 2.13. The minimum Gasteiger partial charge on any atom is -0.438 e. The Kier molecular flexibility index (Phi) is 5.48. The van der Waals surface area contributed by atoms with Crippen LogP contribution in [0.25, 0.3) is 0 Å². The molecule has 7 nitrogen and oxygen atoms in total. The third kappa shape index (κ3) is 4.40. The maximum Gasteiger partial charge on any atom is 0.289 e. The molecule has 23 heavy (non-hydrogen) atoms. The molecule has 0 saturated carbocycles. The summed E-state index contributed by atoms with van der Waals surface area (Å²) in [5, 5.41) is 13.4. The van der Waals surface area contributed by atoms with Gasteiger partial charge in [-0.1, -0.05) is 24.6 Å². The van der Waals surface area contributed by atoms with Crippen molar-refractivity contribution >= 4 is 23.2 Å². The van der Waals surface area contributed by atoms with E-state index in [1.54, 1.807) is 24.3 Å². The van der Waals surface area contributed by atoms with Crippen LogP contribution in [0.1, 0.15) is 23.7 Å². The molecule has 0 fully saturated rings. The van der Waals surface area contributed by atoms with Crippen LogP contribution in [0.2, 0.25) is 5.02 Å². The van der Waals surface area contributed by atoms with Gasteiger partial charge < -0.3 is 10.1 Å². The van der Waals surface area contributed by atoms with E-state index in [2.05, 4.69) is 10.3 Å². The van der Waals surface area contributed by atoms with Crippen LogP contribution in [0.4, 0.5) is 5.69 Å². The number of nitrogens with zero attached hydrogens (tertiary/aromatic N) is 2. The van der Waals surface area contributed by atoms with Gasteiger partial charge in [-0.05, 0) is 24.6 Å². The lowest BCUT2D eigenvalue weighted by Gasteiger charge is -2.08. The van der Waals surface area contributed by atoms with E-state index < -0.39 is 4.92 Å². The minimum atomic E-state index is -0.596. The highest BCUT2D eigenvalue weighted by atomic mass is 35.5. The fourth-order valence-electron chi connectivity index (χ4n) is 1.74. The molecular formula is C15H14ClN3O4. The number of aromatic nitrogens is 1. The summed E-state index contributed by atoms with van der Waals surface area (Å²) < 4.78 is 5.49. The quantitative estimate of drug-likeness (QED) is 0.643. The number of hydrogen-bond donors (Lipinski definition) is 1. The van der Waals surface area contributed by atoms with Gasteiger partial charge in [0, 0.05) is 18.2 Å². The Balaban J connectivity index is 2.17. The summed E-state index contributed by atoms with van der Waals surface area (Å²) >= 11 is 5.92. The molecule has 1 aromatic carbocycles. The molecule has 0 bridgehead atoms. The van der Waals surface area contributed by atoms with Gasteiger partial charge in [0.15, 0.2) is 0 Å². The molecule has 2 rings (SSSR count).